The number of ketones is 1. The molecule has 2 aromatic heterocycles. The predicted molar refractivity (Wildman–Crippen MR) is 153 cm³/mol. The Labute approximate surface area is 240 Å². The number of methoxy groups -OCH3 is 2. The van der Waals surface area contributed by atoms with Gasteiger partial charge in [-0.25, -0.2) is 8.78 Å². The molecule has 0 aliphatic carbocycles. The second kappa shape index (κ2) is 12.2. The molecule has 0 radical (unpaired) electrons. The number of hydrogen-bond acceptors (Lipinski definition) is 8. The zero-order valence-electron chi connectivity index (χ0n) is 23.4. The first-order chi connectivity index (χ1) is 20.3. The van der Waals surface area contributed by atoms with E-state index in [0.29, 0.717) is 50.5 Å². The van der Waals surface area contributed by atoms with E-state index in [1.807, 2.05) is 0 Å². The highest BCUT2D eigenvalue weighted by Gasteiger charge is 2.23. The number of aromatic nitrogens is 3. The molecule has 0 aliphatic heterocycles. The van der Waals surface area contributed by atoms with Gasteiger partial charge in [0.2, 0.25) is 0 Å². The fourth-order valence-corrected chi connectivity index (χ4v) is 4.59. The van der Waals surface area contributed by atoms with Gasteiger partial charge in [0.25, 0.3) is 0 Å². The summed E-state index contributed by atoms with van der Waals surface area (Å²) in [4.78, 5) is 17.7. The van der Waals surface area contributed by atoms with Gasteiger partial charge in [0.05, 0.1) is 32.0 Å². The van der Waals surface area contributed by atoms with Crippen molar-refractivity contribution in [2.24, 2.45) is 0 Å². The number of carbonyl (C=O) groups is 1. The molecule has 42 heavy (non-hydrogen) atoms. The second-order valence-electron chi connectivity index (χ2n) is 9.28. The van der Waals surface area contributed by atoms with E-state index in [9.17, 15) is 9.18 Å². The SMILES string of the molecule is CCOc1c(C(=O)Cc2ccc(Oc3ccnc4cc(OC)c(OC)cc34)c(F)c2)nnc(C)c1-c1ccc(F)cc1. The molecule has 0 fully saturated rings. The molecule has 0 saturated heterocycles. The summed E-state index contributed by atoms with van der Waals surface area (Å²) in [6.07, 6.45) is 1.39. The van der Waals surface area contributed by atoms with Crippen LogP contribution in [-0.4, -0.2) is 41.8 Å². The van der Waals surface area contributed by atoms with Crippen LogP contribution in [0.1, 0.15) is 28.7 Å². The highest BCUT2D eigenvalue weighted by atomic mass is 19.1. The standard InChI is InChI=1S/C32H27F2N3O5/c1-5-41-32-30(20-7-9-21(33)10-8-20)18(2)36-37-31(32)25(38)15-19-6-11-27(23(34)14-19)42-26-12-13-35-24-17-29(40-4)28(39-3)16-22(24)26/h6-14,16-17H,5,15H2,1-4H3. The smallest absolute Gasteiger partial charge is 0.191 e. The number of aryl methyl sites for hydroxylation is 1. The molecule has 0 spiro atoms. The van der Waals surface area contributed by atoms with Crippen molar-refractivity contribution in [3.8, 4) is 39.9 Å². The third-order valence-corrected chi connectivity index (χ3v) is 6.58. The van der Waals surface area contributed by atoms with Crippen LogP contribution in [0.2, 0.25) is 0 Å². The van der Waals surface area contributed by atoms with Crippen LogP contribution in [0.4, 0.5) is 8.78 Å². The van der Waals surface area contributed by atoms with E-state index < -0.39 is 11.6 Å². The number of hydrogen-bond donors (Lipinski definition) is 0. The number of halogens is 2. The van der Waals surface area contributed by atoms with E-state index >= 15 is 4.39 Å². The van der Waals surface area contributed by atoms with Gasteiger partial charge in [-0.05, 0) is 61.4 Å². The zero-order chi connectivity index (χ0) is 29.8. The van der Waals surface area contributed by atoms with Crippen molar-refractivity contribution >= 4 is 16.7 Å². The van der Waals surface area contributed by atoms with Gasteiger partial charge in [-0.15, -0.1) is 5.10 Å². The molecule has 0 unspecified atom stereocenters. The van der Waals surface area contributed by atoms with Crippen molar-refractivity contribution in [3.05, 3.63) is 95.4 Å². The minimum atomic E-state index is -0.655. The molecule has 0 bridgehead atoms. The highest BCUT2D eigenvalue weighted by molar-refractivity contribution is 6.00. The Bertz CT molecular complexity index is 1780. The lowest BCUT2D eigenvalue weighted by molar-refractivity contribution is 0.0983. The van der Waals surface area contributed by atoms with E-state index in [2.05, 4.69) is 15.2 Å². The van der Waals surface area contributed by atoms with Gasteiger partial charge in [-0.1, -0.05) is 18.2 Å². The minimum absolute atomic E-state index is 0.00939. The van der Waals surface area contributed by atoms with Crippen molar-refractivity contribution in [1.29, 1.82) is 0 Å². The molecular formula is C32H27F2N3O5. The van der Waals surface area contributed by atoms with Crippen molar-refractivity contribution in [2.75, 3.05) is 20.8 Å². The topological polar surface area (TPSA) is 92.7 Å². The first kappa shape index (κ1) is 28.4. The Balaban J connectivity index is 1.42. The maximum Gasteiger partial charge on any atom is 0.191 e. The summed E-state index contributed by atoms with van der Waals surface area (Å²) in [6.45, 7) is 3.78. The van der Waals surface area contributed by atoms with Crippen molar-refractivity contribution < 1.29 is 32.5 Å². The number of pyridine rings is 1. The van der Waals surface area contributed by atoms with E-state index in [1.165, 1.54) is 38.5 Å². The molecule has 3 aromatic carbocycles. The van der Waals surface area contributed by atoms with Gasteiger partial charge in [-0.3, -0.25) is 9.78 Å². The average molecular weight is 572 g/mol. The maximum atomic E-state index is 15.2. The van der Waals surface area contributed by atoms with Gasteiger partial charge in [-0.2, -0.15) is 5.10 Å². The molecule has 214 valence electrons. The van der Waals surface area contributed by atoms with Crippen LogP contribution >= 0.6 is 0 Å². The molecule has 8 nitrogen and oxygen atoms in total. The monoisotopic (exact) mass is 571 g/mol. The Morgan fingerprint density at radius 1 is 0.857 bits per heavy atom. The van der Waals surface area contributed by atoms with Crippen LogP contribution in [0, 0.1) is 18.6 Å². The van der Waals surface area contributed by atoms with Gasteiger partial charge < -0.3 is 18.9 Å². The Morgan fingerprint density at radius 3 is 2.29 bits per heavy atom. The first-order valence-corrected chi connectivity index (χ1v) is 13.1. The molecule has 10 heteroatoms. The number of Topliss-reactive ketones (excluding diaryl/α,β-unsaturated/α-hetero) is 1. The summed E-state index contributed by atoms with van der Waals surface area (Å²) >= 11 is 0. The van der Waals surface area contributed by atoms with E-state index in [0.717, 1.165) is 0 Å². The first-order valence-electron chi connectivity index (χ1n) is 13.1. The Kier molecular flexibility index (Phi) is 8.24. The molecular weight excluding hydrogens is 544 g/mol. The predicted octanol–water partition coefficient (Wildman–Crippen LogP) is 6.91. The summed E-state index contributed by atoms with van der Waals surface area (Å²) in [6, 6.07) is 15.1. The lowest BCUT2D eigenvalue weighted by atomic mass is 9.99. The molecule has 5 aromatic rings. The van der Waals surface area contributed by atoms with Crippen LogP contribution in [0.3, 0.4) is 0 Å². The summed E-state index contributed by atoms with van der Waals surface area (Å²) in [7, 11) is 3.04. The van der Waals surface area contributed by atoms with Crippen LogP contribution in [0.25, 0.3) is 22.0 Å². The fraction of sp³-hybridized carbons (Fsp3) is 0.188. The van der Waals surface area contributed by atoms with E-state index in [1.54, 1.807) is 56.4 Å². The van der Waals surface area contributed by atoms with E-state index in [4.69, 9.17) is 18.9 Å². The largest absolute Gasteiger partial charge is 0.493 e. The maximum absolute atomic E-state index is 15.2. The summed E-state index contributed by atoms with van der Waals surface area (Å²) < 4.78 is 51.3. The third kappa shape index (κ3) is 5.69. The quantitative estimate of drug-likeness (QED) is 0.167. The lowest BCUT2D eigenvalue weighted by Gasteiger charge is -2.15. The zero-order valence-corrected chi connectivity index (χ0v) is 23.4. The number of rotatable bonds is 10. The molecule has 2 heterocycles. The van der Waals surface area contributed by atoms with Crippen LogP contribution in [0.15, 0.2) is 66.9 Å². The van der Waals surface area contributed by atoms with Crippen molar-refractivity contribution in [3.63, 3.8) is 0 Å². The number of ether oxygens (including phenoxy) is 4. The number of fused-ring (bicyclic) bond motifs is 1. The fourth-order valence-electron chi connectivity index (χ4n) is 4.59. The van der Waals surface area contributed by atoms with E-state index in [-0.39, 0.29) is 36.0 Å². The van der Waals surface area contributed by atoms with Crippen LogP contribution in [-0.2, 0) is 6.42 Å². The van der Waals surface area contributed by atoms with Crippen LogP contribution < -0.4 is 18.9 Å². The molecule has 5 rings (SSSR count). The van der Waals surface area contributed by atoms with Crippen LogP contribution in [0.5, 0.6) is 28.7 Å². The normalized spacial score (nSPS) is 10.9. The van der Waals surface area contributed by atoms with Gasteiger partial charge in [0.15, 0.2) is 40.3 Å². The summed E-state index contributed by atoms with van der Waals surface area (Å²) in [5.41, 5.74) is 2.70. The molecule has 0 aliphatic rings. The lowest BCUT2D eigenvalue weighted by Crippen LogP contribution is -2.13. The summed E-state index contributed by atoms with van der Waals surface area (Å²) in [5.74, 6) is 0.112. The Morgan fingerprint density at radius 2 is 1.60 bits per heavy atom. The molecule has 0 amide bonds. The van der Waals surface area contributed by atoms with Gasteiger partial charge in [0.1, 0.15) is 11.6 Å². The number of carbonyl (C=O) groups excluding carboxylic acids is 1. The highest BCUT2D eigenvalue weighted by Crippen LogP contribution is 2.38. The van der Waals surface area contributed by atoms with Gasteiger partial charge >= 0.3 is 0 Å². The molecule has 0 N–H and O–H groups in total. The van der Waals surface area contributed by atoms with Crippen molar-refractivity contribution in [2.45, 2.75) is 20.3 Å². The third-order valence-electron chi connectivity index (χ3n) is 6.58. The average Bonchev–Trinajstić information content (AvgIpc) is 2.99. The minimum Gasteiger partial charge on any atom is -0.493 e. The summed E-state index contributed by atoms with van der Waals surface area (Å²) in [5, 5.41) is 8.86. The number of benzene rings is 3. The number of nitrogens with zero attached hydrogens (tertiary/aromatic N) is 3. The molecule has 0 saturated carbocycles. The van der Waals surface area contributed by atoms with Gasteiger partial charge in [0, 0.05) is 29.6 Å². The second-order valence-corrected chi connectivity index (χ2v) is 9.28. The molecule has 0 atom stereocenters. The van der Waals surface area contributed by atoms with Crippen molar-refractivity contribution in [1.82, 2.24) is 15.2 Å². The Hall–Kier alpha value is -5.12.